The minimum atomic E-state index is -0.736. The number of hydrogen-bond acceptors (Lipinski definition) is 6. The number of esters is 2. The Labute approximate surface area is 218 Å². The second-order valence-electron chi connectivity index (χ2n) is 9.10. The fraction of sp³-hybridized carbons (Fsp3) is 0.355. The summed E-state index contributed by atoms with van der Waals surface area (Å²) >= 11 is 0. The van der Waals surface area contributed by atoms with Crippen LogP contribution in [-0.4, -0.2) is 23.5 Å². The third-order valence-corrected chi connectivity index (χ3v) is 6.20. The predicted octanol–water partition coefficient (Wildman–Crippen LogP) is 6.91. The molecule has 0 aliphatic heterocycles. The summed E-state index contributed by atoms with van der Waals surface area (Å²) in [5.41, 5.74) is 0.591. The zero-order valence-electron chi connectivity index (χ0n) is 21.4. The van der Waals surface area contributed by atoms with Crippen LogP contribution in [0.4, 0.5) is 0 Å². The first-order chi connectivity index (χ1) is 18.0. The molecule has 2 aromatic rings. The van der Waals surface area contributed by atoms with Crippen molar-refractivity contribution in [2.75, 3.05) is 0 Å². The van der Waals surface area contributed by atoms with E-state index in [1.165, 1.54) is 32.1 Å². The molecule has 6 heteroatoms. The Morgan fingerprint density at radius 3 is 1.68 bits per heavy atom. The molecule has 0 unspecified atom stereocenters. The van der Waals surface area contributed by atoms with Crippen LogP contribution in [0.1, 0.15) is 91.8 Å². The Hall–Kier alpha value is -3.80. The quantitative estimate of drug-likeness (QED) is 0.158. The van der Waals surface area contributed by atoms with Crippen LogP contribution in [0.3, 0.4) is 0 Å². The van der Waals surface area contributed by atoms with Gasteiger partial charge in [-0.05, 0) is 37.1 Å². The Kier molecular flexibility index (Phi) is 11.0. The largest absolute Gasteiger partial charge is 0.419 e. The van der Waals surface area contributed by atoms with E-state index in [2.05, 4.69) is 6.92 Å². The van der Waals surface area contributed by atoms with Crippen LogP contribution in [0.5, 0.6) is 0 Å². The number of unbranched alkanes of at least 4 members (excludes halogenated alkanes) is 8. The van der Waals surface area contributed by atoms with Gasteiger partial charge in [0.15, 0.2) is 11.5 Å². The van der Waals surface area contributed by atoms with Gasteiger partial charge in [0.05, 0.1) is 16.7 Å². The van der Waals surface area contributed by atoms with Crippen molar-refractivity contribution < 1.29 is 28.7 Å². The molecule has 0 fully saturated rings. The summed E-state index contributed by atoms with van der Waals surface area (Å²) in [4.78, 5) is 51.4. The second-order valence-corrected chi connectivity index (χ2v) is 9.10. The standard InChI is InChI=1S/C31H34O6/c1-2-3-4-5-6-7-8-9-16-21-25-28(33)27(36-30(34)23-17-12-10-13-18-23)22-26(32)29(25)37-31(35)24-19-14-11-15-20-24/h10-15,17-20,22H,2-9,16,21H2,1H3. The SMILES string of the molecule is CCCCCCCCCCCC1=C(OC(=O)c2ccccc2)C(=O)C=C(OC(=O)c2ccccc2)C1=O. The Morgan fingerprint density at radius 1 is 0.649 bits per heavy atom. The molecule has 3 rings (SSSR count). The third kappa shape index (κ3) is 8.38. The van der Waals surface area contributed by atoms with Gasteiger partial charge in [-0.2, -0.15) is 0 Å². The van der Waals surface area contributed by atoms with Gasteiger partial charge < -0.3 is 9.47 Å². The van der Waals surface area contributed by atoms with Crippen LogP contribution in [0.25, 0.3) is 0 Å². The Morgan fingerprint density at radius 2 is 1.14 bits per heavy atom. The number of ketones is 2. The van der Waals surface area contributed by atoms with Crippen LogP contribution in [0.15, 0.2) is 83.8 Å². The minimum absolute atomic E-state index is 0.0654. The molecular formula is C31H34O6. The van der Waals surface area contributed by atoms with E-state index in [1.54, 1.807) is 60.7 Å². The van der Waals surface area contributed by atoms with Crippen LogP contribution in [0, 0.1) is 0 Å². The molecule has 0 saturated carbocycles. The molecule has 37 heavy (non-hydrogen) atoms. The molecule has 2 aromatic carbocycles. The van der Waals surface area contributed by atoms with E-state index in [0.29, 0.717) is 6.42 Å². The highest BCUT2D eigenvalue weighted by Crippen LogP contribution is 2.27. The van der Waals surface area contributed by atoms with E-state index in [-0.39, 0.29) is 34.6 Å². The highest BCUT2D eigenvalue weighted by Gasteiger charge is 2.33. The zero-order chi connectivity index (χ0) is 26.5. The number of rotatable bonds is 14. The van der Waals surface area contributed by atoms with Crippen molar-refractivity contribution in [3.05, 3.63) is 95.0 Å². The lowest BCUT2D eigenvalue weighted by Gasteiger charge is -2.18. The summed E-state index contributed by atoms with van der Waals surface area (Å²) in [6.45, 7) is 2.20. The molecule has 1 aliphatic rings. The van der Waals surface area contributed by atoms with Gasteiger partial charge >= 0.3 is 11.9 Å². The van der Waals surface area contributed by atoms with E-state index in [1.807, 2.05) is 0 Å². The van der Waals surface area contributed by atoms with E-state index >= 15 is 0 Å². The molecule has 6 nitrogen and oxygen atoms in total. The molecule has 0 N–H and O–H groups in total. The molecule has 0 saturated heterocycles. The number of allylic oxidation sites excluding steroid dienone is 2. The summed E-state index contributed by atoms with van der Waals surface area (Å²) in [6.07, 6.45) is 11.0. The summed E-state index contributed by atoms with van der Waals surface area (Å²) in [7, 11) is 0. The number of hydrogen-bond donors (Lipinski definition) is 0. The molecular weight excluding hydrogens is 468 g/mol. The van der Waals surface area contributed by atoms with Gasteiger partial charge in [-0.15, -0.1) is 0 Å². The highest BCUT2D eigenvalue weighted by atomic mass is 16.5. The zero-order valence-corrected chi connectivity index (χ0v) is 21.4. The molecule has 0 radical (unpaired) electrons. The van der Waals surface area contributed by atoms with Crippen molar-refractivity contribution in [1.29, 1.82) is 0 Å². The Bertz CT molecular complexity index is 1140. The monoisotopic (exact) mass is 502 g/mol. The van der Waals surface area contributed by atoms with E-state index in [0.717, 1.165) is 25.3 Å². The summed E-state index contributed by atoms with van der Waals surface area (Å²) in [5.74, 6) is -3.40. The van der Waals surface area contributed by atoms with Gasteiger partial charge in [0, 0.05) is 6.08 Å². The lowest BCUT2D eigenvalue weighted by atomic mass is 9.94. The number of benzene rings is 2. The van der Waals surface area contributed by atoms with E-state index in [4.69, 9.17) is 9.47 Å². The molecule has 194 valence electrons. The first-order valence-electron chi connectivity index (χ1n) is 13.1. The van der Waals surface area contributed by atoms with Crippen LogP contribution in [-0.2, 0) is 19.1 Å². The molecule has 0 atom stereocenters. The fourth-order valence-corrected chi connectivity index (χ4v) is 4.14. The first kappa shape index (κ1) is 27.8. The first-order valence-corrected chi connectivity index (χ1v) is 13.1. The lowest BCUT2D eigenvalue weighted by molar-refractivity contribution is -0.119. The van der Waals surface area contributed by atoms with Crippen LogP contribution < -0.4 is 0 Å². The minimum Gasteiger partial charge on any atom is -0.419 e. The van der Waals surface area contributed by atoms with Crippen molar-refractivity contribution in [3.63, 3.8) is 0 Å². The fourth-order valence-electron chi connectivity index (χ4n) is 4.14. The third-order valence-electron chi connectivity index (χ3n) is 6.20. The number of carbonyl (C=O) groups is 4. The molecule has 0 heterocycles. The smallest absolute Gasteiger partial charge is 0.343 e. The second kappa shape index (κ2) is 14.7. The van der Waals surface area contributed by atoms with Crippen LogP contribution >= 0.6 is 0 Å². The molecule has 0 aromatic heterocycles. The van der Waals surface area contributed by atoms with Gasteiger partial charge in [-0.3, -0.25) is 9.59 Å². The van der Waals surface area contributed by atoms with Gasteiger partial charge in [0.1, 0.15) is 0 Å². The van der Waals surface area contributed by atoms with E-state index in [9.17, 15) is 19.2 Å². The normalized spacial score (nSPS) is 13.4. The summed E-state index contributed by atoms with van der Waals surface area (Å²) in [6, 6.07) is 16.5. The van der Waals surface area contributed by atoms with E-state index < -0.39 is 23.5 Å². The van der Waals surface area contributed by atoms with Crippen molar-refractivity contribution in [2.24, 2.45) is 0 Å². The van der Waals surface area contributed by atoms with Crippen molar-refractivity contribution >= 4 is 23.5 Å². The number of Topliss-reactive ketones (excluding diaryl/α,β-unsaturated/α-hetero) is 1. The van der Waals surface area contributed by atoms with Crippen molar-refractivity contribution in [1.82, 2.24) is 0 Å². The van der Waals surface area contributed by atoms with Crippen LogP contribution in [0.2, 0.25) is 0 Å². The number of carbonyl (C=O) groups excluding carboxylic acids is 4. The molecule has 0 bridgehead atoms. The van der Waals surface area contributed by atoms with Gasteiger partial charge in [0.25, 0.3) is 0 Å². The number of ether oxygens (including phenoxy) is 2. The molecule has 0 amide bonds. The average molecular weight is 503 g/mol. The van der Waals surface area contributed by atoms with Crippen molar-refractivity contribution in [3.8, 4) is 0 Å². The maximum absolute atomic E-state index is 13.3. The maximum atomic E-state index is 13.3. The van der Waals surface area contributed by atoms with Gasteiger partial charge in [-0.1, -0.05) is 94.7 Å². The average Bonchev–Trinajstić information content (AvgIpc) is 2.92. The van der Waals surface area contributed by atoms with Gasteiger partial charge in [0.2, 0.25) is 11.6 Å². The van der Waals surface area contributed by atoms with Gasteiger partial charge in [-0.25, -0.2) is 9.59 Å². The highest BCUT2D eigenvalue weighted by molar-refractivity contribution is 6.22. The lowest BCUT2D eigenvalue weighted by Crippen LogP contribution is -2.25. The molecule has 0 spiro atoms. The summed E-state index contributed by atoms with van der Waals surface area (Å²) in [5, 5.41) is 0. The molecule has 1 aliphatic carbocycles. The topological polar surface area (TPSA) is 86.7 Å². The summed E-state index contributed by atoms with van der Waals surface area (Å²) < 4.78 is 10.7. The predicted molar refractivity (Wildman–Crippen MR) is 141 cm³/mol. The maximum Gasteiger partial charge on any atom is 0.343 e. The van der Waals surface area contributed by atoms with Crippen molar-refractivity contribution in [2.45, 2.75) is 71.1 Å². The Balaban J connectivity index is 1.69.